The van der Waals surface area contributed by atoms with E-state index in [9.17, 15) is 8.42 Å². The normalized spacial score (nSPS) is 15.1. The van der Waals surface area contributed by atoms with Crippen molar-refractivity contribution in [2.45, 2.75) is 26.7 Å². The highest BCUT2D eigenvalue weighted by molar-refractivity contribution is 8.06. The van der Waals surface area contributed by atoms with Crippen LogP contribution in [0.3, 0.4) is 0 Å². The van der Waals surface area contributed by atoms with Crippen molar-refractivity contribution >= 4 is 14.9 Å². The summed E-state index contributed by atoms with van der Waals surface area (Å²) in [6.45, 7) is 5.33. The van der Waals surface area contributed by atoms with Crippen molar-refractivity contribution in [3.8, 4) is 0 Å². The molecule has 0 saturated heterocycles. The Morgan fingerprint density at radius 1 is 1.24 bits per heavy atom. The molecule has 5 heteroatoms. The number of rotatable bonds is 5. The van der Waals surface area contributed by atoms with Gasteiger partial charge in [-0.05, 0) is 25.3 Å². The summed E-state index contributed by atoms with van der Waals surface area (Å²) >= 11 is 0. The molecule has 0 spiro atoms. The predicted molar refractivity (Wildman–Crippen MR) is 87.1 cm³/mol. The van der Waals surface area contributed by atoms with Crippen LogP contribution in [0, 0.1) is 6.92 Å². The minimum Gasteiger partial charge on any atom is -0.369 e. The minimum absolute atomic E-state index is 0.114. The lowest BCUT2D eigenvalue weighted by Crippen LogP contribution is -2.34. The van der Waals surface area contributed by atoms with Gasteiger partial charge in [-0.15, -0.1) is 0 Å². The first-order valence-corrected chi connectivity index (χ1v) is 8.92. The van der Waals surface area contributed by atoms with Crippen LogP contribution in [0.1, 0.15) is 24.5 Å². The van der Waals surface area contributed by atoms with Crippen molar-refractivity contribution in [1.82, 2.24) is 4.90 Å². The molecule has 0 aliphatic carbocycles. The van der Waals surface area contributed by atoms with Gasteiger partial charge in [-0.2, -0.15) is 0 Å². The van der Waals surface area contributed by atoms with Crippen LogP contribution in [-0.4, -0.2) is 37.2 Å². The smallest absolute Gasteiger partial charge is 0.193 e. The lowest BCUT2D eigenvalue weighted by Gasteiger charge is -2.22. The van der Waals surface area contributed by atoms with Crippen LogP contribution in [0.5, 0.6) is 0 Å². The molecule has 0 unspecified atom stereocenters. The minimum atomic E-state index is -3.29. The molecule has 0 atom stereocenters. The van der Waals surface area contributed by atoms with Gasteiger partial charge in [-0.25, -0.2) is 13.4 Å². The zero-order valence-electron chi connectivity index (χ0n) is 12.6. The van der Waals surface area contributed by atoms with E-state index in [2.05, 4.69) is 11.9 Å². The first kappa shape index (κ1) is 15.8. The van der Waals surface area contributed by atoms with Gasteiger partial charge in [-0.3, -0.25) is 0 Å². The maximum atomic E-state index is 12.4. The van der Waals surface area contributed by atoms with Crippen molar-refractivity contribution in [3.05, 3.63) is 47.8 Å². The standard InChI is InChI=1S/C16H22N2O2S/c1-3-10-18-11-9-17-16(13-18)21(19,20)12-8-15-6-4-14(2)5-7-15/h4-7,9,11H,3,8,10,12-13H2,1-2H3. The highest BCUT2D eigenvalue weighted by Crippen LogP contribution is 2.10. The van der Waals surface area contributed by atoms with E-state index in [1.807, 2.05) is 42.3 Å². The number of hydrogen-bond donors (Lipinski definition) is 0. The third-order valence-electron chi connectivity index (χ3n) is 3.48. The summed E-state index contributed by atoms with van der Waals surface area (Å²) in [4.78, 5) is 6.06. The maximum Gasteiger partial charge on any atom is 0.193 e. The third-order valence-corrected chi connectivity index (χ3v) is 5.18. The van der Waals surface area contributed by atoms with Crippen LogP contribution in [0.15, 0.2) is 41.7 Å². The Labute approximate surface area is 127 Å². The highest BCUT2D eigenvalue weighted by Gasteiger charge is 2.22. The molecule has 0 radical (unpaired) electrons. The molecule has 0 N–H and O–H groups in total. The summed E-state index contributed by atoms with van der Waals surface area (Å²) in [5.41, 5.74) is 2.22. The predicted octanol–water partition coefficient (Wildman–Crippen LogP) is 2.55. The number of sulfone groups is 1. The number of benzene rings is 1. The first-order chi connectivity index (χ1) is 10.0. The second-order valence-corrected chi connectivity index (χ2v) is 7.45. The summed E-state index contributed by atoms with van der Waals surface area (Å²) in [5, 5.41) is 0.283. The summed E-state index contributed by atoms with van der Waals surface area (Å²) in [7, 11) is -3.29. The molecule has 1 aliphatic rings. The summed E-state index contributed by atoms with van der Waals surface area (Å²) in [6.07, 6.45) is 4.95. The average Bonchev–Trinajstić information content (AvgIpc) is 2.47. The van der Waals surface area contributed by atoms with Gasteiger partial charge in [0.25, 0.3) is 0 Å². The van der Waals surface area contributed by atoms with Gasteiger partial charge in [0.2, 0.25) is 0 Å². The topological polar surface area (TPSA) is 49.7 Å². The molecular formula is C16H22N2O2S. The SMILES string of the molecule is CCCN1C=CN=C(S(=O)(=O)CCc2ccc(C)cc2)C1. The van der Waals surface area contributed by atoms with Gasteiger partial charge in [-0.1, -0.05) is 36.8 Å². The fourth-order valence-electron chi connectivity index (χ4n) is 2.22. The largest absolute Gasteiger partial charge is 0.369 e. The second kappa shape index (κ2) is 6.89. The monoisotopic (exact) mass is 306 g/mol. The first-order valence-electron chi connectivity index (χ1n) is 7.27. The lowest BCUT2D eigenvalue weighted by molar-refractivity contribution is 0.421. The van der Waals surface area contributed by atoms with Gasteiger partial charge in [0.1, 0.15) is 0 Å². The van der Waals surface area contributed by atoms with Crippen LogP contribution in [-0.2, 0) is 16.3 Å². The van der Waals surface area contributed by atoms with E-state index in [1.54, 1.807) is 6.20 Å². The van der Waals surface area contributed by atoms with E-state index < -0.39 is 9.84 Å². The molecule has 21 heavy (non-hydrogen) atoms. The van der Waals surface area contributed by atoms with Crippen LogP contribution in [0.25, 0.3) is 0 Å². The Hall–Kier alpha value is -1.62. The van der Waals surface area contributed by atoms with Gasteiger partial charge in [0.15, 0.2) is 14.9 Å². The Kier molecular flexibility index (Phi) is 5.17. The van der Waals surface area contributed by atoms with Crippen molar-refractivity contribution in [2.24, 2.45) is 4.99 Å². The van der Waals surface area contributed by atoms with E-state index >= 15 is 0 Å². The highest BCUT2D eigenvalue weighted by atomic mass is 32.2. The molecule has 2 rings (SSSR count). The van der Waals surface area contributed by atoms with Crippen LogP contribution in [0.2, 0.25) is 0 Å². The van der Waals surface area contributed by atoms with Gasteiger partial charge in [0.05, 0.1) is 12.3 Å². The van der Waals surface area contributed by atoms with Crippen LogP contribution in [0.4, 0.5) is 0 Å². The van der Waals surface area contributed by atoms with E-state index in [0.29, 0.717) is 13.0 Å². The maximum absolute atomic E-state index is 12.4. The fourth-order valence-corrected chi connectivity index (χ4v) is 3.55. The fraction of sp³-hybridized carbons (Fsp3) is 0.438. The number of hydrogen-bond acceptors (Lipinski definition) is 4. The van der Waals surface area contributed by atoms with Gasteiger partial charge < -0.3 is 4.90 Å². The Balaban J connectivity index is 2.00. The second-order valence-electron chi connectivity index (χ2n) is 5.35. The van der Waals surface area contributed by atoms with E-state index in [-0.39, 0.29) is 10.8 Å². The lowest BCUT2D eigenvalue weighted by atomic mass is 10.1. The Morgan fingerprint density at radius 2 is 1.95 bits per heavy atom. The Bertz CT molecular complexity index is 631. The molecule has 1 aliphatic heterocycles. The van der Waals surface area contributed by atoms with E-state index in [4.69, 9.17) is 0 Å². The summed E-state index contributed by atoms with van der Waals surface area (Å²) in [6, 6.07) is 7.98. The molecule has 0 saturated carbocycles. The summed E-state index contributed by atoms with van der Waals surface area (Å²) < 4.78 is 24.8. The van der Waals surface area contributed by atoms with Crippen molar-refractivity contribution in [1.29, 1.82) is 0 Å². The van der Waals surface area contributed by atoms with Crippen LogP contribution < -0.4 is 0 Å². The molecule has 1 aromatic carbocycles. The Morgan fingerprint density at radius 3 is 2.62 bits per heavy atom. The summed E-state index contributed by atoms with van der Waals surface area (Å²) in [5.74, 6) is 0.114. The molecule has 0 bridgehead atoms. The molecule has 0 aromatic heterocycles. The molecule has 0 amide bonds. The third kappa shape index (κ3) is 4.43. The van der Waals surface area contributed by atoms with Crippen LogP contribution >= 0.6 is 0 Å². The zero-order valence-corrected chi connectivity index (χ0v) is 13.4. The zero-order chi connectivity index (χ0) is 15.3. The number of nitrogens with zero attached hydrogens (tertiary/aromatic N) is 2. The number of aryl methyl sites for hydroxylation is 2. The molecule has 1 heterocycles. The molecule has 0 fully saturated rings. The molecular weight excluding hydrogens is 284 g/mol. The van der Waals surface area contributed by atoms with E-state index in [1.165, 1.54) is 5.56 Å². The average molecular weight is 306 g/mol. The molecule has 114 valence electrons. The molecule has 1 aromatic rings. The van der Waals surface area contributed by atoms with Crippen molar-refractivity contribution in [3.63, 3.8) is 0 Å². The molecule has 4 nitrogen and oxygen atoms in total. The van der Waals surface area contributed by atoms with Gasteiger partial charge >= 0.3 is 0 Å². The van der Waals surface area contributed by atoms with Crippen molar-refractivity contribution in [2.75, 3.05) is 18.8 Å². The van der Waals surface area contributed by atoms with E-state index in [0.717, 1.165) is 18.5 Å². The quantitative estimate of drug-likeness (QED) is 0.840. The van der Waals surface area contributed by atoms with Crippen molar-refractivity contribution < 1.29 is 8.42 Å². The number of aliphatic imine (C=N–C) groups is 1. The van der Waals surface area contributed by atoms with Gasteiger partial charge in [0, 0.05) is 18.9 Å².